The molecule has 3 aliphatic rings. The van der Waals surface area contributed by atoms with E-state index in [-0.39, 0.29) is 0 Å². The molecular formula is C17H24N2O3. The number of rotatable bonds is 4. The van der Waals surface area contributed by atoms with Crippen LogP contribution in [-0.2, 0) is 11.3 Å². The van der Waals surface area contributed by atoms with Crippen LogP contribution in [0.5, 0.6) is 11.5 Å². The molecule has 4 rings (SSSR count). The quantitative estimate of drug-likeness (QED) is 0.846. The van der Waals surface area contributed by atoms with E-state index in [2.05, 4.69) is 28.9 Å². The molecule has 0 unspecified atom stereocenters. The molecule has 0 aromatic heterocycles. The van der Waals surface area contributed by atoms with Gasteiger partial charge in [0.15, 0.2) is 11.5 Å². The number of nitrogens with zero attached hydrogens (tertiary/aromatic N) is 2. The summed E-state index contributed by atoms with van der Waals surface area (Å²) in [6.07, 6.45) is 1.60. The molecule has 0 spiro atoms. The fourth-order valence-corrected chi connectivity index (χ4v) is 3.86. The number of fused-ring (bicyclic) bond motifs is 2. The number of benzene rings is 1. The van der Waals surface area contributed by atoms with Crippen molar-refractivity contribution in [2.45, 2.75) is 32.0 Å². The van der Waals surface area contributed by atoms with Gasteiger partial charge in [0.2, 0.25) is 6.79 Å². The van der Waals surface area contributed by atoms with E-state index < -0.39 is 0 Å². The van der Waals surface area contributed by atoms with Crippen LogP contribution < -0.4 is 9.47 Å². The van der Waals surface area contributed by atoms with Gasteiger partial charge in [0.1, 0.15) is 0 Å². The minimum atomic E-state index is 0.346. The van der Waals surface area contributed by atoms with E-state index in [1.165, 1.54) is 12.0 Å². The fourth-order valence-electron chi connectivity index (χ4n) is 3.86. The maximum Gasteiger partial charge on any atom is 0.231 e. The van der Waals surface area contributed by atoms with Gasteiger partial charge in [0, 0.05) is 45.4 Å². The van der Waals surface area contributed by atoms with Crippen LogP contribution in [-0.4, -0.2) is 61.5 Å². The van der Waals surface area contributed by atoms with Gasteiger partial charge in [-0.25, -0.2) is 0 Å². The molecular weight excluding hydrogens is 280 g/mol. The monoisotopic (exact) mass is 304 g/mol. The molecule has 3 heterocycles. The van der Waals surface area contributed by atoms with Crippen LogP contribution in [0.4, 0.5) is 0 Å². The first-order valence-electron chi connectivity index (χ1n) is 8.28. The van der Waals surface area contributed by atoms with Gasteiger partial charge >= 0.3 is 0 Å². The first-order chi connectivity index (χ1) is 10.8. The standard InChI is InChI=1S/C17H24N2O3/c1-2-20-15-8-14-10-18(5-6-19(14)11-15)9-13-3-4-16-17(7-13)22-12-21-16/h3-4,7,14-15H,2,5-6,8-12H2,1H3/t14-,15+/m0/s1. The number of hydrogen-bond donors (Lipinski definition) is 0. The predicted molar refractivity (Wildman–Crippen MR) is 83.2 cm³/mol. The first kappa shape index (κ1) is 14.3. The molecule has 0 bridgehead atoms. The van der Waals surface area contributed by atoms with Gasteiger partial charge < -0.3 is 14.2 Å². The molecule has 1 aromatic rings. The van der Waals surface area contributed by atoms with Crippen molar-refractivity contribution < 1.29 is 14.2 Å². The van der Waals surface area contributed by atoms with Crippen LogP contribution in [0.25, 0.3) is 0 Å². The lowest BCUT2D eigenvalue weighted by molar-refractivity contribution is 0.0664. The summed E-state index contributed by atoms with van der Waals surface area (Å²) >= 11 is 0. The highest BCUT2D eigenvalue weighted by molar-refractivity contribution is 5.44. The van der Waals surface area contributed by atoms with Gasteiger partial charge in [-0.2, -0.15) is 0 Å². The third kappa shape index (κ3) is 2.81. The van der Waals surface area contributed by atoms with Crippen molar-refractivity contribution in [3.63, 3.8) is 0 Å². The van der Waals surface area contributed by atoms with Gasteiger partial charge in [-0.3, -0.25) is 9.80 Å². The predicted octanol–water partition coefficient (Wildman–Crippen LogP) is 1.71. The molecule has 0 N–H and O–H groups in total. The molecule has 3 aliphatic heterocycles. The fraction of sp³-hybridized carbons (Fsp3) is 0.647. The molecule has 2 fully saturated rings. The molecule has 0 radical (unpaired) electrons. The zero-order valence-electron chi connectivity index (χ0n) is 13.2. The molecule has 0 aliphatic carbocycles. The summed E-state index contributed by atoms with van der Waals surface area (Å²) in [7, 11) is 0. The molecule has 1 aromatic carbocycles. The Morgan fingerprint density at radius 1 is 1.18 bits per heavy atom. The molecule has 0 amide bonds. The van der Waals surface area contributed by atoms with Crippen molar-refractivity contribution in [1.82, 2.24) is 9.80 Å². The van der Waals surface area contributed by atoms with E-state index >= 15 is 0 Å². The van der Waals surface area contributed by atoms with Crippen LogP contribution in [0.1, 0.15) is 18.9 Å². The minimum Gasteiger partial charge on any atom is -0.454 e. The van der Waals surface area contributed by atoms with Crippen LogP contribution in [0.2, 0.25) is 0 Å². The highest BCUT2D eigenvalue weighted by Gasteiger charge is 2.36. The summed E-state index contributed by atoms with van der Waals surface area (Å²) in [4.78, 5) is 5.14. The maximum atomic E-state index is 5.81. The minimum absolute atomic E-state index is 0.346. The van der Waals surface area contributed by atoms with Crippen LogP contribution in [0, 0.1) is 0 Å². The summed E-state index contributed by atoms with van der Waals surface area (Å²) in [5.74, 6) is 1.75. The Hall–Kier alpha value is -1.30. The average molecular weight is 304 g/mol. The van der Waals surface area contributed by atoms with Crippen molar-refractivity contribution in [2.75, 3.05) is 39.6 Å². The van der Waals surface area contributed by atoms with Gasteiger partial charge in [-0.05, 0) is 31.0 Å². The zero-order valence-corrected chi connectivity index (χ0v) is 13.2. The Morgan fingerprint density at radius 3 is 3.00 bits per heavy atom. The lowest BCUT2D eigenvalue weighted by Crippen LogP contribution is -2.49. The molecule has 120 valence electrons. The summed E-state index contributed by atoms with van der Waals surface area (Å²) in [5.41, 5.74) is 1.30. The van der Waals surface area contributed by atoms with E-state index in [0.29, 0.717) is 18.9 Å². The molecule has 22 heavy (non-hydrogen) atoms. The largest absolute Gasteiger partial charge is 0.454 e. The molecule has 5 heteroatoms. The number of ether oxygens (including phenoxy) is 3. The van der Waals surface area contributed by atoms with Gasteiger partial charge in [-0.1, -0.05) is 6.07 Å². The van der Waals surface area contributed by atoms with Crippen molar-refractivity contribution in [2.24, 2.45) is 0 Å². The summed E-state index contributed by atoms with van der Waals surface area (Å²) in [6.45, 7) is 8.77. The molecule has 5 nitrogen and oxygen atoms in total. The van der Waals surface area contributed by atoms with Crippen LogP contribution >= 0.6 is 0 Å². The summed E-state index contributed by atoms with van der Waals surface area (Å²) in [5, 5.41) is 0. The summed E-state index contributed by atoms with van der Waals surface area (Å²) < 4.78 is 16.7. The molecule has 0 saturated carbocycles. The SMILES string of the molecule is CCO[C@@H]1C[C@H]2CN(Cc3ccc4c(c3)OCO4)CCN2C1. The van der Waals surface area contributed by atoms with Crippen molar-refractivity contribution in [3.05, 3.63) is 23.8 Å². The van der Waals surface area contributed by atoms with E-state index in [1.54, 1.807) is 0 Å². The molecule has 2 saturated heterocycles. The number of piperazine rings is 1. The van der Waals surface area contributed by atoms with Gasteiger partial charge in [0.25, 0.3) is 0 Å². The van der Waals surface area contributed by atoms with E-state index in [4.69, 9.17) is 14.2 Å². The van der Waals surface area contributed by atoms with Crippen LogP contribution in [0.3, 0.4) is 0 Å². The Kier molecular flexibility index (Phi) is 3.94. The normalized spacial score (nSPS) is 28.0. The zero-order chi connectivity index (χ0) is 14.9. The van der Waals surface area contributed by atoms with E-state index in [1.807, 2.05) is 6.07 Å². The Labute approximate surface area is 131 Å². The van der Waals surface area contributed by atoms with Crippen molar-refractivity contribution in [1.29, 1.82) is 0 Å². The third-order valence-corrected chi connectivity index (χ3v) is 4.91. The first-order valence-corrected chi connectivity index (χ1v) is 8.28. The smallest absolute Gasteiger partial charge is 0.231 e. The maximum absolute atomic E-state index is 5.81. The Morgan fingerprint density at radius 2 is 2.09 bits per heavy atom. The van der Waals surface area contributed by atoms with E-state index in [0.717, 1.165) is 50.8 Å². The second-order valence-electron chi connectivity index (χ2n) is 6.38. The third-order valence-electron chi connectivity index (χ3n) is 4.91. The lowest BCUT2D eigenvalue weighted by Gasteiger charge is -2.37. The van der Waals surface area contributed by atoms with Gasteiger partial charge in [0.05, 0.1) is 6.10 Å². The summed E-state index contributed by atoms with van der Waals surface area (Å²) in [6, 6.07) is 6.94. The van der Waals surface area contributed by atoms with Gasteiger partial charge in [-0.15, -0.1) is 0 Å². The van der Waals surface area contributed by atoms with Crippen LogP contribution in [0.15, 0.2) is 18.2 Å². The topological polar surface area (TPSA) is 34.2 Å². The molecule has 2 atom stereocenters. The van der Waals surface area contributed by atoms with Crippen molar-refractivity contribution >= 4 is 0 Å². The average Bonchev–Trinajstić information content (AvgIpc) is 3.12. The second kappa shape index (κ2) is 6.07. The van der Waals surface area contributed by atoms with E-state index in [9.17, 15) is 0 Å². The van der Waals surface area contributed by atoms with Crippen molar-refractivity contribution in [3.8, 4) is 11.5 Å². The Bertz CT molecular complexity index is 537. The lowest BCUT2D eigenvalue weighted by atomic mass is 10.1. The number of hydrogen-bond acceptors (Lipinski definition) is 5. The Balaban J connectivity index is 1.37. The highest BCUT2D eigenvalue weighted by Crippen LogP contribution is 2.33. The second-order valence-corrected chi connectivity index (χ2v) is 6.38. The highest BCUT2D eigenvalue weighted by atomic mass is 16.7.